The maximum atomic E-state index is 13.0. The number of unbranched alkanes of at least 4 members (excludes halogenated alkanes) is 35. The third-order valence-corrected chi connectivity index (χ3v) is 16.9. The molecule has 0 aliphatic heterocycles. The first kappa shape index (κ1) is 90.4. The van der Waals surface area contributed by atoms with Crippen LogP contribution in [0.15, 0.2) is 134 Å². The molecule has 0 aromatic rings. The molecular weight excluding hydrogens is 1170 g/mol. The highest BCUT2D eigenvalue weighted by atomic mass is 16.7. The van der Waals surface area contributed by atoms with Crippen LogP contribution in [0, 0.1) is 0 Å². The van der Waals surface area contributed by atoms with Crippen molar-refractivity contribution in [1.82, 2.24) is 0 Å². The Kier molecular flexibility index (Phi) is 71.6. The molecule has 0 aromatic carbocycles. The van der Waals surface area contributed by atoms with Gasteiger partial charge in [-0.3, -0.25) is 9.59 Å². The molecule has 0 spiro atoms. The van der Waals surface area contributed by atoms with Crippen LogP contribution in [0.2, 0.25) is 0 Å². The monoisotopic (exact) mass is 1320 g/mol. The lowest BCUT2D eigenvalue weighted by Gasteiger charge is -2.26. The van der Waals surface area contributed by atoms with Crippen LogP contribution in [0.1, 0.15) is 335 Å². The number of allylic oxidation sites excluding steroid dienone is 22. The average Bonchev–Trinajstić information content (AvgIpc) is 2.92. The number of nitrogens with zero attached hydrogens (tertiary/aromatic N) is 1. The third kappa shape index (κ3) is 76.7. The molecule has 9 nitrogen and oxygen atoms in total. The van der Waals surface area contributed by atoms with Crippen LogP contribution < -0.4 is 5.11 Å². The van der Waals surface area contributed by atoms with Gasteiger partial charge in [-0.25, -0.2) is 0 Å². The highest BCUT2D eigenvalue weighted by Gasteiger charge is 2.22. The fourth-order valence-corrected chi connectivity index (χ4v) is 10.9. The van der Waals surface area contributed by atoms with Crippen LogP contribution in [0.5, 0.6) is 0 Å². The zero-order chi connectivity index (χ0) is 69.0. The second kappa shape index (κ2) is 75.2. The highest BCUT2D eigenvalue weighted by Crippen LogP contribution is 2.18. The van der Waals surface area contributed by atoms with Crippen molar-refractivity contribution in [2.75, 3.05) is 47.5 Å². The number of rotatable bonds is 72. The predicted molar refractivity (Wildman–Crippen MR) is 407 cm³/mol. The van der Waals surface area contributed by atoms with Gasteiger partial charge < -0.3 is 33.3 Å². The summed E-state index contributed by atoms with van der Waals surface area (Å²) < 4.78 is 22.9. The molecule has 0 saturated heterocycles. The van der Waals surface area contributed by atoms with E-state index >= 15 is 0 Å². The van der Waals surface area contributed by atoms with Gasteiger partial charge in [-0.2, -0.15) is 0 Å². The van der Waals surface area contributed by atoms with Crippen molar-refractivity contribution in [1.29, 1.82) is 0 Å². The molecule has 0 aliphatic rings. The Labute approximate surface area is 586 Å². The first-order valence-corrected chi connectivity index (χ1v) is 39.3. The fourth-order valence-electron chi connectivity index (χ4n) is 10.9. The summed E-state index contributed by atoms with van der Waals surface area (Å²) in [5, 5.41) is 11.9. The van der Waals surface area contributed by atoms with Gasteiger partial charge in [0, 0.05) is 12.8 Å². The number of quaternary nitrogens is 1. The molecule has 2 unspecified atom stereocenters. The number of likely N-dealkylation sites (N-methyl/N-ethyl adjacent to an activating group) is 1. The summed E-state index contributed by atoms with van der Waals surface area (Å²) in [5.41, 5.74) is 0. The minimum atomic E-state index is -1.63. The van der Waals surface area contributed by atoms with Gasteiger partial charge >= 0.3 is 11.9 Å². The van der Waals surface area contributed by atoms with Crippen molar-refractivity contribution in [3.63, 3.8) is 0 Å². The molecule has 95 heavy (non-hydrogen) atoms. The number of aliphatic carboxylic acids is 1. The van der Waals surface area contributed by atoms with Gasteiger partial charge in [0.15, 0.2) is 12.4 Å². The van der Waals surface area contributed by atoms with Gasteiger partial charge in [-0.05, 0) is 116 Å². The van der Waals surface area contributed by atoms with Crippen LogP contribution in [0.4, 0.5) is 0 Å². The van der Waals surface area contributed by atoms with E-state index in [1.54, 1.807) is 0 Å². The van der Waals surface area contributed by atoms with Crippen LogP contribution in [-0.4, -0.2) is 82.3 Å². The van der Waals surface area contributed by atoms with E-state index in [1.807, 2.05) is 21.1 Å². The number of hydrogen-bond acceptors (Lipinski definition) is 8. The lowest BCUT2D eigenvalue weighted by atomic mass is 10.0. The maximum Gasteiger partial charge on any atom is 0.306 e. The third-order valence-electron chi connectivity index (χ3n) is 16.9. The van der Waals surface area contributed by atoms with Crippen molar-refractivity contribution in [2.24, 2.45) is 0 Å². The normalized spacial score (nSPS) is 13.4. The first-order chi connectivity index (χ1) is 46.6. The number of carboxylic acids is 1. The predicted octanol–water partition coefficient (Wildman–Crippen LogP) is 23.9. The number of esters is 2. The molecule has 0 amide bonds. The van der Waals surface area contributed by atoms with Crippen molar-refractivity contribution in [3.8, 4) is 0 Å². The van der Waals surface area contributed by atoms with Crippen molar-refractivity contribution >= 4 is 17.9 Å². The van der Waals surface area contributed by atoms with Gasteiger partial charge in [-0.15, -0.1) is 0 Å². The Bertz CT molecular complexity index is 2030. The summed E-state index contributed by atoms with van der Waals surface area (Å²) >= 11 is 0. The van der Waals surface area contributed by atoms with Gasteiger partial charge in [0.1, 0.15) is 13.2 Å². The van der Waals surface area contributed by atoms with Gasteiger partial charge in [-0.1, -0.05) is 340 Å². The van der Waals surface area contributed by atoms with E-state index in [0.717, 1.165) is 103 Å². The Morgan fingerprint density at radius 3 is 0.895 bits per heavy atom. The minimum Gasteiger partial charge on any atom is -0.545 e. The van der Waals surface area contributed by atoms with Crippen LogP contribution in [-0.2, 0) is 33.3 Å². The summed E-state index contributed by atoms with van der Waals surface area (Å²) in [4.78, 5) is 37.6. The SMILES string of the molecule is CC/C=C\C/C=C\C/C=C\C/C=C\C/C=C\C/C=C\C/C=C\C/C=C\CCCCCCCCCCCCCCCCC(=O)OC(COC(=O)CCCCCCCCCCCCCCCCCC/C=C\C/C=C\C/C=C\CCCCCCC)COC(OCC[N+](C)(C)C)C(=O)[O-]. The summed E-state index contributed by atoms with van der Waals surface area (Å²) in [6.45, 7) is 4.65. The molecular formula is C86H147NO8. The molecule has 0 N–H and O–H groups in total. The largest absolute Gasteiger partial charge is 0.545 e. The molecule has 0 aliphatic carbocycles. The number of carbonyl (C=O) groups is 3. The molecule has 0 fully saturated rings. The van der Waals surface area contributed by atoms with E-state index in [1.165, 1.54) is 199 Å². The van der Waals surface area contributed by atoms with Crippen molar-refractivity contribution < 1.29 is 42.9 Å². The molecule has 0 saturated carbocycles. The average molecular weight is 1320 g/mol. The summed E-state index contributed by atoms with van der Waals surface area (Å²) in [5.74, 6) is -2.28. The van der Waals surface area contributed by atoms with E-state index in [-0.39, 0.29) is 38.6 Å². The molecule has 0 rings (SSSR count). The fraction of sp³-hybridized carbons (Fsp3) is 0.709. The van der Waals surface area contributed by atoms with Crippen molar-refractivity contribution in [3.05, 3.63) is 134 Å². The van der Waals surface area contributed by atoms with Crippen LogP contribution in [0.25, 0.3) is 0 Å². The standard InChI is InChI=1S/C86H147NO8/c1-6-8-10-12-14-16-18-20-22-24-26-28-30-32-34-36-38-39-40-41-42-43-44-45-47-49-51-53-55-57-59-61-63-65-67-69-71-73-75-77-84(89)95-82(81-94-86(85(90)91)92-79-78-87(3,4)5)80-93-83(88)76-74-72-70-68-66-64-62-60-58-56-54-52-50-48-46-37-35-33-31-29-27-25-23-21-19-17-15-13-11-9-7-2/h8,10,14,16,19-22,25-28,31-34,38-39,41-42,44-45,82,86H,6-7,9,11-13,15,17-18,23-24,29-30,35-37,40,43,46-81H2,1-5H3/b10-8-,16-14-,21-19-,22-20-,27-25-,28-26-,33-31-,34-32-,39-38-,42-41-,45-44-. The molecule has 544 valence electrons. The summed E-state index contributed by atoms with van der Waals surface area (Å²) in [7, 11) is 5.94. The zero-order valence-corrected chi connectivity index (χ0v) is 62.3. The van der Waals surface area contributed by atoms with Crippen LogP contribution in [0.3, 0.4) is 0 Å². The van der Waals surface area contributed by atoms with Gasteiger partial charge in [0.2, 0.25) is 0 Å². The Morgan fingerprint density at radius 1 is 0.326 bits per heavy atom. The van der Waals surface area contributed by atoms with Crippen molar-refractivity contribution in [2.45, 2.75) is 347 Å². The number of carboxylic acid groups (broad SMARTS) is 1. The Hall–Kier alpha value is -4.57. The Morgan fingerprint density at radius 2 is 0.600 bits per heavy atom. The minimum absolute atomic E-state index is 0.144. The van der Waals surface area contributed by atoms with E-state index in [0.29, 0.717) is 17.4 Å². The lowest BCUT2D eigenvalue weighted by Crippen LogP contribution is -2.44. The maximum absolute atomic E-state index is 13.0. The highest BCUT2D eigenvalue weighted by molar-refractivity contribution is 5.70. The van der Waals surface area contributed by atoms with Gasteiger partial charge in [0.05, 0.1) is 40.3 Å². The molecule has 2 atom stereocenters. The summed E-state index contributed by atoms with van der Waals surface area (Å²) in [6.07, 6.45) is 106. The second-order valence-corrected chi connectivity index (χ2v) is 27.3. The van der Waals surface area contributed by atoms with E-state index in [4.69, 9.17) is 18.9 Å². The second-order valence-electron chi connectivity index (χ2n) is 27.3. The number of hydrogen-bond donors (Lipinski definition) is 0. The first-order valence-electron chi connectivity index (χ1n) is 39.3. The molecule has 0 radical (unpaired) electrons. The molecule has 9 heteroatoms. The van der Waals surface area contributed by atoms with E-state index in [9.17, 15) is 19.5 Å². The molecule has 0 aromatic heterocycles. The van der Waals surface area contributed by atoms with Crippen LogP contribution >= 0.6 is 0 Å². The molecule has 0 bridgehead atoms. The number of ether oxygens (including phenoxy) is 4. The number of carbonyl (C=O) groups excluding carboxylic acids is 3. The Balaban J connectivity index is 4.07. The molecule has 0 heterocycles. The summed E-state index contributed by atoms with van der Waals surface area (Å²) in [6, 6.07) is 0. The van der Waals surface area contributed by atoms with E-state index in [2.05, 4.69) is 148 Å². The van der Waals surface area contributed by atoms with Gasteiger partial charge in [0.25, 0.3) is 0 Å². The topological polar surface area (TPSA) is 111 Å². The quantitative estimate of drug-likeness (QED) is 0.0195. The lowest BCUT2D eigenvalue weighted by molar-refractivity contribution is -0.870. The smallest absolute Gasteiger partial charge is 0.306 e. The van der Waals surface area contributed by atoms with E-state index < -0.39 is 24.3 Å². The zero-order valence-electron chi connectivity index (χ0n) is 62.3.